The third-order valence-corrected chi connectivity index (χ3v) is 2.87. The van der Waals surface area contributed by atoms with E-state index in [9.17, 15) is 4.79 Å². The standard InChI is InChI=1S/C14H17N3O2/c1-15-9-11-8-13(16-17(2)14(11)18)10-5-4-6-12(7-10)19-3/h4-8,15H,9H2,1-3H3. The van der Waals surface area contributed by atoms with E-state index in [0.717, 1.165) is 17.0 Å². The fraction of sp³-hybridized carbons (Fsp3) is 0.286. The summed E-state index contributed by atoms with van der Waals surface area (Å²) in [6.45, 7) is 0.520. The molecule has 0 radical (unpaired) electrons. The van der Waals surface area contributed by atoms with Gasteiger partial charge in [-0.15, -0.1) is 0 Å². The minimum atomic E-state index is -0.0824. The molecule has 0 bridgehead atoms. The topological polar surface area (TPSA) is 56.1 Å². The number of hydrogen-bond donors (Lipinski definition) is 1. The number of nitrogens with zero attached hydrogens (tertiary/aromatic N) is 2. The van der Waals surface area contributed by atoms with Crippen molar-refractivity contribution in [1.82, 2.24) is 15.1 Å². The molecule has 0 saturated heterocycles. The van der Waals surface area contributed by atoms with Gasteiger partial charge >= 0.3 is 0 Å². The van der Waals surface area contributed by atoms with Gasteiger partial charge in [0.2, 0.25) is 0 Å². The van der Waals surface area contributed by atoms with Crippen molar-refractivity contribution in [3.8, 4) is 17.0 Å². The zero-order valence-corrected chi connectivity index (χ0v) is 11.3. The van der Waals surface area contributed by atoms with Crippen molar-refractivity contribution < 1.29 is 4.74 Å². The number of methoxy groups -OCH3 is 1. The molecule has 0 aliphatic heterocycles. The summed E-state index contributed by atoms with van der Waals surface area (Å²) >= 11 is 0. The van der Waals surface area contributed by atoms with Crippen molar-refractivity contribution in [2.45, 2.75) is 6.54 Å². The molecule has 2 rings (SSSR count). The molecule has 19 heavy (non-hydrogen) atoms. The second-order valence-electron chi connectivity index (χ2n) is 4.25. The van der Waals surface area contributed by atoms with Gasteiger partial charge in [0.1, 0.15) is 5.75 Å². The molecule has 2 aromatic rings. The summed E-state index contributed by atoms with van der Waals surface area (Å²) in [7, 11) is 5.09. The molecule has 0 saturated carbocycles. The SMILES string of the molecule is CNCc1cc(-c2cccc(OC)c2)nn(C)c1=O. The van der Waals surface area contributed by atoms with E-state index >= 15 is 0 Å². The van der Waals surface area contributed by atoms with Crippen LogP contribution in [0, 0.1) is 0 Å². The van der Waals surface area contributed by atoms with E-state index in [0.29, 0.717) is 12.1 Å². The Kier molecular flexibility index (Phi) is 3.97. The highest BCUT2D eigenvalue weighted by molar-refractivity contribution is 5.61. The van der Waals surface area contributed by atoms with E-state index in [1.54, 1.807) is 14.2 Å². The van der Waals surface area contributed by atoms with Crippen molar-refractivity contribution >= 4 is 0 Å². The number of rotatable bonds is 4. The lowest BCUT2D eigenvalue weighted by molar-refractivity contribution is 0.415. The van der Waals surface area contributed by atoms with Crippen molar-refractivity contribution in [3.63, 3.8) is 0 Å². The van der Waals surface area contributed by atoms with Crippen molar-refractivity contribution in [2.24, 2.45) is 7.05 Å². The molecule has 0 spiro atoms. The van der Waals surface area contributed by atoms with Gasteiger partial charge in [0.05, 0.1) is 12.8 Å². The first-order chi connectivity index (χ1) is 9.15. The molecule has 0 atom stereocenters. The molecule has 1 heterocycles. The van der Waals surface area contributed by atoms with Crippen LogP contribution >= 0.6 is 0 Å². The quantitative estimate of drug-likeness (QED) is 0.895. The summed E-state index contributed by atoms with van der Waals surface area (Å²) in [5.74, 6) is 0.767. The Morgan fingerprint density at radius 3 is 2.84 bits per heavy atom. The Morgan fingerprint density at radius 1 is 1.37 bits per heavy atom. The van der Waals surface area contributed by atoms with Crippen molar-refractivity contribution in [3.05, 3.63) is 46.2 Å². The Labute approximate surface area is 111 Å². The van der Waals surface area contributed by atoms with Crippen LogP contribution in [0.25, 0.3) is 11.3 Å². The van der Waals surface area contributed by atoms with Crippen molar-refractivity contribution in [2.75, 3.05) is 14.2 Å². The first-order valence-electron chi connectivity index (χ1n) is 6.02. The van der Waals surface area contributed by atoms with Gasteiger partial charge in [-0.3, -0.25) is 4.79 Å². The number of hydrogen-bond acceptors (Lipinski definition) is 4. The van der Waals surface area contributed by atoms with Gasteiger partial charge in [-0.1, -0.05) is 12.1 Å². The van der Waals surface area contributed by atoms with E-state index in [1.165, 1.54) is 4.68 Å². The second-order valence-corrected chi connectivity index (χ2v) is 4.25. The second kappa shape index (κ2) is 5.67. The number of aryl methyl sites for hydroxylation is 1. The Hall–Kier alpha value is -2.14. The van der Waals surface area contributed by atoms with Crippen LogP contribution in [0.2, 0.25) is 0 Å². The molecular formula is C14H17N3O2. The number of nitrogens with one attached hydrogen (secondary N) is 1. The number of aromatic nitrogens is 2. The van der Waals surface area contributed by atoms with Gasteiger partial charge in [0.25, 0.3) is 5.56 Å². The Bertz CT molecular complexity index is 635. The highest BCUT2D eigenvalue weighted by Crippen LogP contribution is 2.21. The maximum Gasteiger partial charge on any atom is 0.271 e. The minimum Gasteiger partial charge on any atom is -0.497 e. The van der Waals surface area contributed by atoms with E-state index in [2.05, 4.69) is 10.4 Å². The van der Waals surface area contributed by atoms with Gasteiger partial charge in [-0.2, -0.15) is 5.10 Å². The first kappa shape index (κ1) is 13.3. The average molecular weight is 259 g/mol. The van der Waals surface area contributed by atoms with E-state index < -0.39 is 0 Å². The zero-order chi connectivity index (χ0) is 13.8. The van der Waals surface area contributed by atoms with Crippen LogP contribution < -0.4 is 15.6 Å². The van der Waals surface area contributed by atoms with Crippen LogP contribution in [-0.2, 0) is 13.6 Å². The summed E-state index contributed by atoms with van der Waals surface area (Å²) in [5, 5.41) is 7.27. The van der Waals surface area contributed by atoms with Crippen molar-refractivity contribution in [1.29, 1.82) is 0 Å². The van der Waals surface area contributed by atoms with E-state index in [4.69, 9.17) is 4.74 Å². The van der Waals surface area contributed by atoms with Crippen LogP contribution in [0.3, 0.4) is 0 Å². The maximum absolute atomic E-state index is 11.9. The highest BCUT2D eigenvalue weighted by Gasteiger charge is 2.08. The molecule has 1 aromatic heterocycles. The van der Waals surface area contributed by atoms with Crippen LogP contribution in [0.15, 0.2) is 35.1 Å². The molecule has 1 N–H and O–H groups in total. The molecule has 0 fully saturated rings. The van der Waals surface area contributed by atoms with Crippen LogP contribution in [0.5, 0.6) is 5.75 Å². The van der Waals surface area contributed by atoms with E-state index in [-0.39, 0.29) is 5.56 Å². The molecule has 0 aliphatic rings. The molecular weight excluding hydrogens is 242 g/mol. The largest absolute Gasteiger partial charge is 0.497 e. The third kappa shape index (κ3) is 2.82. The maximum atomic E-state index is 11.9. The lowest BCUT2D eigenvalue weighted by Crippen LogP contribution is -2.26. The van der Waals surface area contributed by atoms with Crippen LogP contribution in [-0.4, -0.2) is 23.9 Å². The summed E-state index contributed by atoms with van der Waals surface area (Å²) in [4.78, 5) is 11.9. The van der Waals surface area contributed by atoms with Crippen LogP contribution in [0.4, 0.5) is 0 Å². The molecule has 1 aromatic carbocycles. The molecule has 100 valence electrons. The summed E-state index contributed by atoms with van der Waals surface area (Å²) in [5.41, 5.74) is 2.29. The minimum absolute atomic E-state index is 0.0824. The Morgan fingerprint density at radius 2 is 2.16 bits per heavy atom. The number of ether oxygens (including phenoxy) is 1. The predicted molar refractivity (Wildman–Crippen MR) is 74.2 cm³/mol. The summed E-state index contributed by atoms with van der Waals surface area (Å²) in [6, 6.07) is 9.43. The van der Waals surface area contributed by atoms with Gasteiger partial charge in [0, 0.05) is 24.7 Å². The first-order valence-corrected chi connectivity index (χ1v) is 6.02. The Balaban J connectivity index is 2.52. The normalized spacial score (nSPS) is 10.5. The predicted octanol–water partition coefficient (Wildman–Crippen LogP) is 1.18. The van der Waals surface area contributed by atoms with E-state index in [1.807, 2.05) is 37.4 Å². The molecule has 0 amide bonds. The third-order valence-electron chi connectivity index (χ3n) is 2.87. The van der Waals surface area contributed by atoms with Crippen LogP contribution in [0.1, 0.15) is 5.56 Å². The smallest absolute Gasteiger partial charge is 0.271 e. The highest BCUT2D eigenvalue weighted by atomic mass is 16.5. The molecule has 0 unspecified atom stereocenters. The lowest BCUT2D eigenvalue weighted by atomic mass is 10.1. The monoisotopic (exact) mass is 259 g/mol. The fourth-order valence-electron chi connectivity index (χ4n) is 1.91. The fourth-order valence-corrected chi connectivity index (χ4v) is 1.91. The molecule has 5 nitrogen and oxygen atoms in total. The average Bonchev–Trinajstić information content (AvgIpc) is 2.44. The lowest BCUT2D eigenvalue weighted by Gasteiger charge is -2.08. The number of benzene rings is 1. The summed E-state index contributed by atoms with van der Waals surface area (Å²) in [6.07, 6.45) is 0. The zero-order valence-electron chi connectivity index (χ0n) is 11.3. The van der Waals surface area contributed by atoms with Gasteiger partial charge in [-0.05, 0) is 25.2 Å². The molecule has 5 heteroatoms. The molecule has 0 aliphatic carbocycles. The van der Waals surface area contributed by atoms with Gasteiger partial charge in [-0.25, -0.2) is 4.68 Å². The summed E-state index contributed by atoms with van der Waals surface area (Å²) < 4.78 is 6.56. The van der Waals surface area contributed by atoms with Gasteiger partial charge < -0.3 is 10.1 Å². The van der Waals surface area contributed by atoms with Gasteiger partial charge in [0.15, 0.2) is 0 Å².